The van der Waals surface area contributed by atoms with E-state index in [4.69, 9.17) is 16.9 Å². The molecule has 0 aliphatic carbocycles. The van der Waals surface area contributed by atoms with Crippen LogP contribution in [0.15, 0.2) is 42.5 Å². The van der Waals surface area contributed by atoms with Crippen molar-refractivity contribution < 1.29 is 4.39 Å². The Morgan fingerprint density at radius 2 is 1.78 bits per heavy atom. The summed E-state index contributed by atoms with van der Waals surface area (Å²) in [6, 6.07) is 13.5. The van der Waals surface area contributed by atoms with E-state index >= 15 is 0 Å². The van der Waals surface area contributed by atoms with E-state index in [1.54, 1.807) is 24.3 Å². The maximum atomic E-state index is 12.9. The minimum atomic E-state index is -0.276. The van der Waals surface area contributed by atoms with Gasteiger partial charge in [-0.2, -0.15) is 15.6 Å². The Hall–Kier alpha value is -2.97. The van der Waals surface area contributed by atoms with Crippen molar-refractivity contribution in [3.8, 4) is 17.3 Å². The molecular formula is C17H10ClFN4. The SMILES string of the molecule is N#Cc1n[nH]nc1-c1cc(Cl)cc(/C=C/c2ccc(F)cc2)c1. The molecule has 0 atom stereocenters. The number of hydrogen-bond acceptors (Lipinski definition) is 3. The molecule has 1 heterocycles. The van der Waals surface area contributed by atoms with Crippen LogP contribution in [0.4, 0.5) is 4.39 Å². The first kappa shape index (κ1) is 14.9. The smallest absolute Gasteiger partial charge is 0.190 e. The highest BCUT2D eigenvalue weighted by Gasteiger charge is 2.10. The van der Waals surface area contributed by atoms with Gasteiger partial charge in [0.1, 0.15) is 17.6 Å². The second-order valence-corrected chi connectivity index (χ2v) is 5.23. The van der Waals surface area contributed by atoms with E-state index in [9.17, 15) is 4.39 Å². The van der Waals surface area contributed by atoms with Crippen LogP contribution in [0.5, 0.6) is 0 Å². The van der Waals surface area contributed by atoms with Gasteiger partial charge in [0, 0.05) is 10.6 Å². The summed E-state index contributed by atoms with van der Waals surface area (Å²) < 4.78 is 12.9. The summed E-state index contributed by atoms with van der Waals surface area (Å²) in [5, 5.41) is 19.7. The molecule has 3 rings (SSSR count). The zero-order valence-corrected chi connectivity index (χ0v) is 12.5. The molecule has 0 amide bonds. The Morgan fingerprint density at radius 3 is 2.52 bits per heavy atom. The van der Waals surface area contributed by atoms with E-state index in [-0.39, 0.29) is 11.5 Å². The van der Waals surface area contributed by atoms with Crippen LogP contribution in [-0.4, -0.2) is 15.4 Å². The Labute approximate surface area is 136 Å². The predicted molar refractivity (Wildman–Crippen MR) is 86.9 cm³/mol. The van der Waals surface area contributed by atoms with E-state index in [1.165, 1.54) is 12.1 Å². The fourth-order valence-electron chi connectivity index (χ4n) is 2.12. The van der Waals surface area contributed by atoms with Crippen molar-refractivity contribution in [3.05, 3.63) is 70.1 Å². The van der Waals surface area contributed by atoms with Crippen LogP contribution >= 0.6 is 11.6 Å². The van der Waals surface area contributed by atoms with Gasteiger partial charge in [-0.1, -0.05) is 35.9 Å². The predicted octanol–water partition coefficient (Wildman–Crippen LogP) is 4.31. The third-order valence-corrected chi connectivity index (χ3v) is 3.40. The van der Waals surface area contributed by atoms with Crippen molar-refractivity contribution in [2.75, 3.05) is 0 Å². The first-order valence-electron chi connectivity index (χ1n) is 6.71. The second-order valence-electron chi connectivity index (χ2n) is 4.79. The van der Waals surface area contributed by atoms with Crippen LogP contribution in [0, 0.1) is 17.1 Å². The number of hydrogen-bond donors (Lipinski definition) is 1. The fraction of sp³-hybridized carbons (Fsp3) is 0. The molecular weight excluding hydrogens is 315 g/mol. The average molecular weight is 325 g/mol. The molecule has 3 aromatic rings. The van der Waals surface area contributed by atoms with Crippen molar-refractivity contribution >= 4 is 23.8 Å². The summed E-state index contributed by atoms with van der Waals surface area (Å²) in [7, 11) is 0. The summed E-state index contributed by atoms with van der Waals surface area (Å²) in [5.74, 6) is -0.276. The molecule has 1 N–H and O–H groups in total. The zero-order valence-electron chi connectivity index (χ0n) is 11.8. The van der Waals surface area contributed by atoms with E-state index in [0.717, 1.165) is 11.1 Å². The second kappa shape index (κ2) is 6.42. The first-order chi connectivity index (χ1) is 11.2. The molecule has 6 heteroatoms. The lowest BCUT2D eigenvalue weighted by Crippen LogP contribution is -1.85. The number of benzene rings is 2. The van der Waals surface area contributed by atoms with Crippen LogP contribution in [0.3, 0.4) is 0 Å². The Kier molecular flexibility index (Phi) is 4.18. The van der Waals surface area contributed by atoms with Gasteiger partial charge < -0.3 is 0 Å². The van der Waals surface area contributed by atoms with Gasteiger partial charge in [-0.25, -0.2) is 4.39 Å². The molecule has 1 aromatic heterocycles. The summed E-state index contributed by atoms with van der Waals surface area (Å²) in [5.41, 5.74) is 3.06. The lowest BCUT2D eigenvalue weighted by molar-refractivity contribution is 0.628. The molecule has 2 aromatic carbocycles. The first-order valence-corrected chi connectivity index (χ1v) is 7.09. The summed E-state index contributed by atoms with van der Waals surface area (Å²) in [6.07, 6.45) is 3.71. The molecule has 112 valence electrons. The number of aromatic nitrogens is 3. The van der Waals surface area contributed by atoms with Crippen LogP contribution in [0.25, 0.3) is 23.4 Å². The Bertz CT molecular complexity index is 907. The molecule has 0 spiro atoms. The van der Waals surface area contributed by atoms with Crippen molar-refractivity contribution in [2.24, 2.45) is 0 Å². The standard InChI is InChI=1S/C17H10ClFN4/c18-14-8-12(2-1-11-3-5-15(19)6-4-11)7-13(9-14)17-16(10-20)21-23-22-17/h1-9H,(H,21,22,23)/b2-1+. The molecule has 0 bridgehead atoms. The van der Waals surface area contributed by atoms with Crippen LogP contribution < -0.4 is 0 Å². The topological polar surface area (TPSA) is 65.4 Å². The van der Waals surface area contributed by atoms with Gasteiger partial charge >= 0.3 is 0 Å². The number of rotatable bonds is 3. The maximum absolute atomic E-state index is 12.9. The minimum absolute atomic E-state index is 0.209. The summed E-state index contributed by atoms with van der Waals surface area (Å²) >= 11 is 6.14. The Balaban J connectivity index is 1.95. The monoisotopic (exact) mass is 324 g/mol. The highest BCUT2D eigenvalue weighted by atomic mass is 35.5. The third-order valence-electron chi connectivity index (χ3n) is 3.19. The lowest BCUT2D eigenvalue weighted by Gasteiger charge is -2.02. The molecule has 0 aliphatic rings. The molecule has 0 radical (unpaired) electrons. The van der Waals surface area contributed by atoms with Gasteiger partial charge in [-0.3, -0.25) is 0 Å². The molecule has 4 nitrogen and oxygen atoms in total. The van der Waals surface area contributed by atoms with Gasteiger partial charge in [0.05, 0.1) is 0 Å². The van der Waals surface area contributed by atoms with Gasteiger partial charge in [-0.05, 0) is 41.5 Å². The number of nitriles is 1. The van der Waals surface area contributed by atoms with E-state index in [0.29, 0.717) is 16.3 Å². The van der Waals surface area contributed by atoms with Gasteiger partial charge in [0.25, 0.3) is 0 Å². The number of aromatic amines is 1. The van der Waals surface area contributed by atoms with E-state index in [1.807, 2.05) is 24.3 Å². The number of halogens is 2. The maximum Gasteiger partial charge on any atom is 0.190 e. The van der Waals surface area contributed by atoms with Crippen molar-refractivity contribution in [2.45, 2.75) is 0 Å². The highest BCUT2D eigenvalue weighted by Crippen LogP contribution is 2.26. The van der Waals surface area contributed by atoms with Gasteiger partial charge in [0.15, 0.2) is 5.69 Å². The van der Waals surface area contributed by atoms with Crippen molar-refractivity contribution in [1.82, 2.24) is 15.4 Å². The number of nitrogens with one attached hydrogen (secondary N) is 1. The van der Waals surface area contributed by atoms with Crippen molar-refractivity contribution in [3.63, 3.8) is 0 Å². The molecule has 0 saturated carbocycles. The van der Waals surface area contributed by atoms with Crippen LogP contribution in [-0.2, 0) is 0 Å². The molecule has 0 fully saturated rings. The average Bonchev–Trinajstić information content (AvgIpc) is 3.02. The van der Waals surface area contributed by atoms with Crippen LogP contribution in [0.2, 0.25) is 5.02 Å². The third kappa shape index (κ3) is 3.44. The normalized spacial score (nSPS) is 10.8. The minimum Gasteiger partial charge on any atom is -0.207 e. The highest BCUT2D eigenvalue weighted by molar-refractivity contribution is 6.31. The fourth-order valence-corrected chi connectivity index (χ4v) is 2.37. The number of H-pyrrole nitrogens is 1. The van der Waals surface area contributed by atoms with Crippen LogP contribution in [0.1, 0.15) is 16.8 Å². The van der Waals surface area contributed by atoms with Gasteiger partial charge in [-0.15, -0.1) is 5.10 Å². The Morgan fingerprint density at radius 1 is 1.04 bits per heavy atom. The number of nitrogens with zero attached hydrogens (tertiary/aromatic N) is 3. The largest absolute Gasteiger partial charge is 0.207 e. The quantitative estimate of drug-likeness (QED) is 0.730. The molecule has 23 heavy (non-hydrogen) atoms. The molecule has 0 saturated heterocycles. The van der Waals surface area contributed by atoms with E-state index in [2.05, 4.69) is 15.4 Å². The van der Waals surface area contributed by atoms with E-state index < -0.39 is 0 Å². The molecule has 0 unspecified atom stereocenters. The summed E-state index contributed by atoms with van der Waals surface area (Å²) in [4.78, 5) is 0. The molecule has 0 aliphatic heterocycles. The summed E-state index contributed by atoms with van der Waals surface area (Å²) in [6.45, 7) is 0. The van der Waals surface area contributed by atoms with Crippen molar-refractivity contribution in [1.29, 1.82) is 5.26 Å². The zero-order chi connectivity index (χ0) is 16.2. The van der Waals surface area contributed by atoms with Gasteiger partial charge in [0.2, 0.25) is 0 Å². The lowest BCUT2D eigenvalue weighted by atomic mass is 10.1.